The molecule has 0 fully saturated rings. The minimum atomic E-state index is -0.495. The summed E-state index contributed by atoms with van der Waals surface area (Å²) in [7, 11) is 0. The van der Waals surface area contributed by atoms with Crippen LogP contribution in [0.15, 0.2) is 46.9 Å². The van der Waals surface area contributed by atoms with Gasteiger partial charge in [-0.3, -0.25) is 4.79 Å². The average Bonchev–Trinajstić information content (AvgIpc) is 2.36. The quantitative estimate of drug-likeness (QED) is 0.711. The molecule has 4 heteroatoms. The number of halogens is 3. The summed E-state index contributed by atoms with van der Waals surface area (Å²) in [4.78, 5) is 11.9. The molecule has 0 atom stereocenters. The Balaban J connectivity index is 2.05. The molecule has 0 aliphatic carbocycles. The van der Waals surface area contributed by atoms with Crippen LogP contribution in [-0.2, 0) is 6.42 Å². The number of rotatable bonds is 4. The van der Waals surface area contributed by atoms with Gasteiger partial charge in [-0.25, -0.2) is 4.39 Å². The topological polar surface area (TPSA) is 17.1 Å². The van der Waals surface area contributed by atoms with E-state index in [1.807, 2.05) is 18.2 Å². The normalized spacial score (nSPS) is 10.5. The van der Waals surface area contributed by atoms with E-state index in [1.165, 1.54) is 12.1 Å². The molecule has 0 heterocycles. The molecule has 0 saturated heterocycles. The Morgan fingerprint density at radius 2 is 2.00 bits per heavy atom. The van der Waals surface area contributed by atoms with Crippen LogP contribution in [0.1, 0.15) is 22.3 Å². The van der Waals surface area contributed by atoms with E-state index in [0.29, 0.717) is 15.9 Å². The van der Waals surface area contributed by atoms with Gasteiger partial charge in [0, 0.05) is 15.9 Å². The van der Waals surface area contributed by atoms with Crippen LogP contribution in [0.5, 0.6) is 0 Å². The molecule has 0 N–H and O–H groups in total. The second-order valence-electron chi connectivity index (χ2n) is 4.18. The third kappa shape index (κ3) is 3.88. The maximum atomic E-state index is 13.6. The van der Waals surface area contributed by atoms with Crippen LogP contribution in [-0.4, -0.2) is 5.78 Å². The Morgan fingerprint density at radius 1 is 1.21 bits per heavy atom. The van der Waals surface area contributed by atoms with E-state index in [2.05, 4.69) is 15.9 Å². The first kappa shape index (κ1) is 14.2. The van der Waals surface area contributed by atoms with Crippen LogP contribution in [0.4, 0.5) is 4.39 Å². The molecular weight excluding hydrogens is 331 g/mol. The standard InChI is InChI=1S/C15H11BrClFO/c16-11-5-6-13(14(18)9-11)15(19)7-4-10-2-1-3-12(17)8-10/h1-3,5-6,8-9H,4,7H2. The van der Waals surface area contributed by atoms with E-state index < -0.39 is 5.82 Å². The molecule has 2 rings (SSSR count). The van der Waals surface area contributed by atoms with Gasteiger partial charge in [-0.15, -0.1) is 0 Å². The van der Waals surface area contributed by atoms with E-state index in [0.717, 1.165) is 5.56 Å². The van der Waals surface area contributed by atoms with Gasteiger partial charge in [-0.2, -0.15) is 0 Å². The number of aryl methyl sites for hydroxylation is 1. The van der Waals surface area contributed by atoms with E-state index in [9.17, 15) is 9.18 Å². The fourth-order valence-corrected chi connectivity index (χ4v) is 2.35. The summed E-state index contributed by atoms with van der Waals surface area (Å²) in [6.45, 7) is 0. The predicted molar refractivity (Wildman–Crippen MR) is 78.2 cm³/mol. The van der Waals surface area contributed by atoms with Gasteiger partial charge in [0.2, 0.25) is 0 Å². The smallest absolute Gasteiger partial charge is 0.166 e. The minimum absolute atomic E-state index is 0.130. The molecule has 0 aliphatic heterocycles. The number of hydrogen-bond donors (Lipinski definition) is 0. The fourth-order valence-electron chi connectivity index (χ4n) is 1.80. The van der Waals surface area contributed by atoms with E-state index in [-0.39, 0.29) is 17.8 Å². The zero-order valence-electron chi connectivity index (χ0n) is 10.00. The Labute approximate surface area is 124 Å². The lowest BCUT2D eigenvalue weighted by molar-refractivity contribution is 0.0979. The average molecular weight is 342 g/mol. The van der Waals surface area contributed by atoms with Crippen molar-refractivity contribution in [3.63, 3.8) is 0 Å². The highest BCUT2D eigenvalue weighted by Crippen LogP contribution is 2.18. The maximum absolute atomic E-state index is 13.6. The van der Waals surface area contributed by atoms with Gasteiger partial charge in [0.05, 0.1) is 5.56 Å². The van der Waals surface area contributed by atoms with Crippen molar-refractivity contribution in [2.24, 2.45) is 0 Å². The number of carbonyl (C=O) groups excluding carboxylic acids is 1. The van der Waals surface area contributed by atoms with Crippen molar-refractivity contribution in [3.8, 4) is 0 Å². The van der Waals surface area contributed by atoms with Crippen LogP contribution in [0.25, 0.3) is 0 Å². The van der Waals surface area contributed by atoms with Crippen LogP contribution in [0.3, 0.4) is 0 Å². The monoisotopic (exact) mass is 340 g/mol. The lowest BCUT2D eigenvalue weighted by Gasteiger charge is -2.04. The third-order valence-electron chi connectivity index (χ3n) is 2.76. The molecule has 2 aromatic rings. The highest BCUT2D eigenvalue weighted by atomic mass is 79.9. The van der Waals surface area contributed by atoms with Gasteiger partial charge < -0.3 is 0 Å². The Hall–Kier alpha value is -1.19. The highest BCUT2D eigenvalue weighted by Gasteiger charge is 2.12. The molecule has 0 spiro atoms. The van der Waals surface area contributed by atoms with Gasteiger partial charge >= 0.3 is 0 Å². The lowest BCUT2D eigenvalue weighted by Crippen LogP contribution is -2.04. The Bertz CT molecular complexity index is 613. The number of carbonyl (C=O) groups is 1. The van der Waals surface area contributed by atoms with Crippen molar-refractivity contribution >= 4 is 33.3 Å². The summed E-state index contributed by atoms with van der Waals surface area (Å²) in [5, 5.41) is 0.639. The molecule has 1 nitrogen and oxygen atoms in total. The van der Waals surface area contributed by atoms with Crippen LogP contribution in [0, 0.1) is 5.82 Å². The minimum Gasteiger partial charge on any atom is -0.294 e. The summed E-state index contributed by atoms with van der Waals surface area (Å²) < 4.78 is 14.2. The van der Waals surface area contributed by atoms with Crippen LogP contribution in [0.2, 0.25) is 5.02 Å². The summed E-state index contributed by atoms with van der Waals surface area (Å²) in [5.41, 5.74) is 1.10. The van der Waals surface area contributed by atoms with Crippen LogP contribution >= 0.6 is 27.5 Å². The van der Waals surface area contributed by atoms with Crippen molar-refractivity contribution < 1.29 is 9.18 Å². The van der Waals surface area contributed by atoms with E-state index in [4.69, 9.17) is 11.6 Å². The molecule has 0 radical (unpaired) electrons. The van der Waals surface area contributed by atoms with Gasteiger partial charge in [0.25, 0.3) is 0 Å². The summed E-state index contributed by atoms with van der Waals surface area (Å²) >= 11 is 9.03. The molecular formula is C15H11BrClFO. The predicted octanol–water partition coefficient (Wildman–Crippen LogP) is 5.06. The first-order chi connectivity index (χ1) is 9.06. The van der Waals surface area contributed by atoms with Gasteiger partial charge in [-0.05, 0) is 42.3 Å². The Kier molecular flexibility index (Phi) is 4.72. The number of ketones is 1. The van der Waals surface area contributed by atoms with E-state index in [1.54, 1.807) is 12.1 Å². The van der Waals surface area contributed by atoms with Crippen LogP contribution < -0.4 is 0 Å². The number of hydrogen-bond acceptors (Lipinski definition) is 1. The largest absolute Gasteiger partial charge is 0.294 e. The van der Waals surface area contributed by atoms with E-state index >= 15 is 0 Å². The molecule has 0 unspecified atom stereocenters. The maximum Gasteiger partial charge on any atom is 0.166 e. The lowest BCUT2D eigenvalue weighted by atomic mass is 10.0. The Morgan fingerprint density at radius 3 is 2.68 bits per heavy atom. The molecule has 0 amide bonds. The zero-order valence-corrected chi connectivity index (χ0v) is 12.3. The second-order valence-corrected chi connectivity index (χ2v) is 5.53. The summed E-state index contributed by atoms with van der Waals surface area (Å²) in [5.74, 6) is -0.699. The van der Waals surface area contributed by atoms with Crippen molar-refractivity contribution in [2.75, 3.05) is 0 Å². The molecule has 19 heavy (non-hydrogen) atoms. The van der Waals surface area contributed by atoms with Gasteiger partial charge in [0.15, 0.2) is 5.78 Å². The van der Waals surface area contributed by atoms with Crippen molar-refractivity contribution in [1.29, 1.82) is 0 Å². The third-order valence-corrected chi connectivity index (χ3v) is 3.49. The van der Waals surface area contributed by atoms with Gasteiger partial charge in [-0.1, -0.05) is 39.7 Å². The zero-order chi connectivity index (χ0) is 13.8. The molecule has 2 aromatic carbocycles. The first-order valence-corrected chi connectivity index (χ1v) is 6.96. The molecule has 0 aromatic heterocycles. The van der Waals surface area contributed by atoms with Crippen molar-refractivity contribution in [3.05, 3.63) is 68.9 Å². The molecule has 98 valence electrons. The van der Waals surface area contributed by atoms with Crippen molar-refractivity contribution in [2.45, 2.75) is 12.8 Å². The molecule has 0 bridgehead atoms. The molecule has 0 aliphatic rings. The number of Topliss-reactive ketones (excluding diaryl/α,β-unsaturated/α-hetero) is 1. The molecule has 0 saturated carbocycles. The van der Waals surface area contributed by atoms with Crippen molar-refractivity contribution in [1.82, 2.24) is 0 Å². The summed E-state index contributed by atoms with van der Waals surface area (Å²) in [6, 6.07) is 11.8. The first-order valence-electron chi connectivity index (χ1n) is 5.79. The summed E-state index contributed by atoms with van der Waals surface area (Å²) in [6.07, 6.45) is 0.813. The highest BCUT2D eigenvalue weighted by molar-refractivity contribution is 9.10. The SMILES string of the molecule is O=C(CCc1cccc(Cl)c1)c1ccc(Br)cc1F. The second kappa shape index (κ2) is 6.31. The number of benzene rings is 2. The van der Waals surface area contributed by atoms with Gasteiger partial charge in [0.1, 0.15) is 5.82 Å². The fraction of sp³-hybridized carbons (Fsp3) is 0.133.